The van der Waals surface area contributed by atoms with Crippen LogP contribution < -0.4 is 15.7 Å². The number of alkyl halides is 2. The van der Waals surface area contributed by atoms with Crippen molar-refractivity contribution < 1.29 is 13.5 Å². The van der Waals surface area contributed by atoms with Crippen LogP contribution in [0.2, 0.25) is 0 Å². The van der Waals surface area contributed by atoms with Crippen LogP contribution in [0.3, 0.4) is 0 Å². The molecule has 1 N–H and O–H groups in total. The van der Waals surface area contributed by atoms with E-state index in [0.29, 0.717) is 6.54 Å². The number of ether oxygens (including phenoxy) is 1. The summed E-state index contributed by atoms with van der Waals surface area (Å²) in [6.45, 7) is -2.45. The van der Waals surface area contributed by atoms with E-state index >= 15 is 0 Å². The van der Waals surface area contributed by atoms with Crippen LogP contribution in [-0.2, 0) is 6.54 Å². The molecule has 0 bridgehead atoms. The van der Waals surface area contributed by atoms with Crippen LogP contribution in [0.4, 0.5) is 8.78 Å². The van der Waals surface area contributed by atoms with E-state index in [0.717, 1.165) is 16.0 Å². The minimum absolute atomic E-state index is 0.105. The van der Waals surface area contributed by atoms with E-state index in [2.05, 4.69) is 10.2 Å². The van der Waals surface area contributed by atoms with Gasteiger partial charge < -0.3 is 10.2 Å². The third-order valence-corrected chi connectivity index (χ3v) is 4.32. The van der Waals surface area contributed by atoms with Crippen molar-refractivity contribution in [1.82, 2.24) is 4.07 Å². The zero-order chi connectivity index (χ0) is 16.9. The summed E-state index contributed by atoms with van der Waals surface area (Å²) in [4.78, 5) is 12.9. The molecule has 0 aliphatic rings. The Labute approximate surface area is 141 Å². The number of rotatable bonds is 6. The number of halogens is 2. The second kappa shape index (κ2) is 7.27. The summed E-state index contributed by atoms with van der Waals surface area (Å²) < 4.78 is 30.0. The smallest absolute Gasteiger partial charge is 0.387 e. The average molecular weight is 348 g/mol. The van der Waals surface area contributed by atoms with Gasteiger partial charge in [0, 0.05) is 6.07 Å². The van der Waals surface area contributed by atoms with E-state index in [1.54, 1.807) is 18.2 Å². The third-order valence-electron chi connectivity index (χ3n) is 3.28. The molecule has 1 heterocycles. The SMILES string of the molecule is O=c1cc(-c2ccccc2)sn1NCc1ccc(OC(F)F)cc1. The molecule has 0 aliphatic heterocycles. The molecule has 124 valence electrons. The molecule has 3 rings (SSSR count). The largest absolute Gasteiger partial charge is 0.435 e. The minimum Gasteiger partial charge on any atom is -0.435 e. The normalized spacial score (nSPS) is 10.8. The second-order valence-electron chi connectivity index (χ2n) is 4.96. The van der Waals surface area contributed by atoms with Crippen molar-refractivity contribution in [3.8, 4) is 16.2 Å². The fourth-order valence-corrected chi connectivity index (χ4v) is 3.00. The molecule has 0 radical (unpaired) electrons. The van der Waals surface area contributed by atoms with Crippen molar-refractivity contribution in [1.29, 1.82) is 0 Å². The lowest BCUT2D eigenvalue weighted by atomic mass is 10.2. The predicted molar refractivity (Wildman–Crippen MR) is 90.2 cm³/mol. The molecular weight excluding hydrogens is 334 g/mol. The Kier molecular flexibility index (Phi) is 4.90. The molecule has 0 saturated carbocycles. The Balaban J connectivity index is 1.67. The fraction of sp³-hybridized carbons (Fsp3) is 0.118. The monoisotopic (exact) mass is 348 g/mol. The number of nitrogens with zero attached hydrogens (tertiary/aromatic N) is 1. The first kappa shape index (κ1) is 16.2. The summed E-state index contributed by atoms with van der Waals surface area (Å²) >= 11 is 1.31. The summed E-state index contributed by atoms with van der Waals surface area (Å²) in [5.74, 6) is 0.105. The van der Waals surface area contributed by atoms with E-state index in [9.17, 15) is 13.6 Å². The predicted octanol–water partition coefficient (Wildman–Crippen LogP) is 3.92. The van der Waals surface area contributed by atoms with Gasteiger partial charge in [-0.3, -0.25) is 4.79 Å². The van der Waals surface area contributed by atoms with E-state index in [-0.39, 0.29) is 11.3 Å². The quantitative estimate of drug-likeness (QED) is 0.734. The standard InChI is InChI=1S/C17H14F2N2O2S/c18-17(19)23-14-8-6-12(7-9-14)11-20-21-16(22)10-15(24-21)13-4-2-1-3-5-13/h1-10,17,20H,11H2. The molecule has 7 heteroatoms. The lowest BCUT2D eigenvalue weighted by molar-refractivity contribution is -0.0498. The summed E-state index contributed by atoms with van der Waals surface area (Å²) in [5.41, 5.74) is 4.70. The zero-order valence-corrected chi connectivity index (χ0v) is 13.3. The van der Waals surface area contributed by atoms with E-state index < -0.39 is 6.61 Å². The molecule has 1 aromatic heterocycles. The molecule has 0 amide bonds. The first-order valence-electron chi connectivity index (χ1n) is 7.18. The Morgan fingerprint density at radius 3 is 2.46 bits per heavy atom. The number of benzene rings is 2. The Bertz CT molecular complexity index is 845. The fourth-order valence-electron chi connectivity index (χ4n) is 2.14. The van der Waals surface area contributed by atoms with Crippen molar-refractivity contribution in [2.45, 2.75) is 13.2 Å². The van der Waals surface area contributed by atoms with Crippen molar-refractivity contribution >= 4 is 11.5 Å². The van der Waals surface area contributed by atoms with Gasteiger partial charge in [-0.05, 0) is 34.8 Å². The van der Waals surface area contributed by atoms with Crippen LogP contribution in [0, 0.1) is 0 Å². The Hall–Kier alpha value is -2.67. The highest BCUT2D eigenvalue weighted by molar-refractivity contribution is 7.10. The van der Waals surface area contributed by atoms with Crippen LogP contribution in [0.5, 0.6) is 5.75 Å². The first-order chi connectivity index (χ1) is 11.6. The highest BCUT2D eigenvalue weighted by Crippen LogP contribution is 2.21. The number of nitrogens with one attached hydrogen (secondary N) is 1. The lowest BCUT2D eigenvalue weighted by Crippen LogP contribution is -2.22. The van der Waals surface area contributed by atoms with Crippen LogP contribution in [0.25, 0.3) is 10.4 Å². The van der Waals surface area contributed by atoms with Gasteiger partial charge in [0.05, 0.1) is 11.4 Å². The first-order valence-corrected chi connectivity index (χ1v) is 7.95. The molecule has 0 spiro atoms. The van der Waals surface area contributed by atoms with Crippen LogP contribution in [0.1, 0.15) is 5.56 Å². The third kappa shape index (κ3) is 3.99. The van der Waals surface area contributed by atoms with Crippen molar-refractivity contribution in [3.63, 3.8) is 0 Å². The van der Waals surface area contributed by atoms with Crippen LogP contribution >= 0.6 is 11.5 Å². The maximum atomic E-state index is 12.1. The van der Waals surface area contributed by atoms with Crippen molar-refractivity contribution in [2.24, 2.45) is 0 Å². The molecule has 3 aromatic rings. The van der Waals surface area contributed by atoms with Gasteiger partial charge in [0.1, 0.15) is 5.75 Å². The zero-order valence-electron chi connectivity index (χ0n) is 12.5. The maximum Gasteiger partial charge on any atom is 0.387 e. The van der Waals surface area contributed by atoms with E-state index in [4.69, 9.17) is 0 Å². The van der Waals surface area contributed by atoms with Gasteiger partial charge in [0.25, 0.3) is 5.56 Å². The molecule has 0 saturated heterocycles. The molecule has 0 unspecified atom stereocenters. The second-order valence-corrected chi connectivity index (χ2v) is 5.94. The van der Waals surface area contributed by atoms with Gasteiger partial charge in [-0.15, -0.1) is 0 Å². The van der Waals surface area contributed by atoms with E-state index in [1.165, 1.54) is 27.7 Å². The van der Waals surface area contributed by atoms with Gasteiger partial charge in [-0.2, -0.15) is 12.8 Å². The summed E-state index contributed by atoms with van der Waals surface area (Å²) in [5, 5.41) is 0. The maximum absolute atomic E-state index is 12.1. The molecule has 2 aromatic carbocycles. The lowest BCUT2D eigenvalue weighted by Gasteiger charge is -2.07. The molecule has 0 fully saturated rings. The van der Waals surface area contributed by atoms with Gasteiger partial charge in [-0.1, -0.05) is 42.5 Å². The van der Waals surface area contributed by atoms with Crippen LogP contribution in [0.15, 0.2) is 65.5 Å². The topological polar surface area (TPSA) is 43.3 Å². The Morgan fingerprint density at radius 2 is 1.79 bits per heavy atom. The van der Waals surface area contributed by atoms with Gasteiger partial charge in [-0.25, -0.2) is 0 Å². The highest BCUT2D eigenvalue weighted by atomic mass is 32.1. The molecular formula is C17H14F2N2O2S. The van der Waals surface area contributed by atoms with Gasteiger partial charge >= 0.3 is 6.61 Å². The summed E-state index contributed by atoms with van der Waals surface area (Å²) in [7, 11) is 0. The minimum atomic E-state index is -2.84. The summed E-state index contributed by atoms with van der Waals surface area (Å²) in [6.07, 6.45) is 0. The molecule has 0 atom stereocenters. The van der Waals surface area contributed by atoms with Crippen molar-refractivity contribution in [3.05, 3.63) is 76.6 Å². The van der Waals surface area contributed by atoms with Gasteiger partial charge in [0.2, 0.25) is 0 Å². The number of hydrogen-bond acceptors (Lipinski definition) is 4. The summed E-state index contributed by atoms with van der Waals surface area (Å²) in [6, 6.07) is 17.5. The number of aromatic nitrogens is 1. The van der Waals surface area contributed by atoms with Gasteiger partial charge in [0.15, 0.2) is 0 Å². The molecule has 0 aliphatic carbocycles. The van der Waals surface area contributed by atoms with E-state index in [1.807, 2.05) is 30.3 Å². The number of hydrogen-bond donors (Lipinski definition) is 1. The van der Waals surface area contributed by atoms with Crippen molar-refractivity contribution in [2.75, 3.05) is 5.43 Å². The average Bonchev–Trinajstić information content (AvgIpc) is 2.95. The molecule has 4 nitrogen and oxygen atoms in total. The van der Waals surface area contributed by atoms with Crippen LogP contribution in [-0.4, -0.2) is 10.7 Å². The highest BCUT2D eigenvalue weighted by Gasteiger charge is 2.07. The Morgan fingerprint density at radius 1 is 1.08 bits per heavy atom. The molecule has 24 heavy (non-hydrogen) atoms.